The number of piperazine rings is 1. The van der Waals surface area contributed by atoms with Crippen LogP contribution in [-0.4, -0.2) is 49.7 Å². The fourth-order valence-electron chi connectivity index (χ4n) is 3.27. The van der Waals surface area contributed by atoms with Crippen LogP contribution >= 0.6 is 0 Å². The molecule has 1 saturated heterocycles. The zero-order valence-electron chi connectivity index (χ0n) is 14.0. The molecule has 1 amide bonds. The summed E-state index contributed by atoms with van der Waals surface area (Å²) in [5.74, 6) is -5.08. The van der Waals surface area contributed by atoms with Crippen molar-refractivity contribution < 1.29 is 26.4 Å². The van der Waals surface area contributed by atoms with Crippen molar-refractivity contribution >= 4 is 15.9 Å². The number of nitrogens with zero attached hydrogens (tertiary/aromatic N) is 2. The molecule has 3 rings (SSSR count). The summed E-state index contributed by atoms with van der Waals surface area (Å²) in [6.07, 6.45) is 6.30. The lowest BCUT2D eigenvalue weighted by Crippen LogP contribution is -2.52. The summed E-state index contributed by atoms with van der Waals surface area (Å²) in [4.78, 5) is 13.2. The first kappa shape index (κ1) is 18.9. The molecule has 0 N–H and O–H groups in total. The molecular weight excluding hydrogens is 369 g/mol. The average molecular weight is 388 g/mol. The maximum atomic E-state index is 13.9. The van der Waals surface area contributed by atoms with Gasteiger partial charge in [0, 0.05) is 32.1 Å². The second-order valence-electron chi connectivity index (χ2n) is 6.38. The zero-order valence-corrected chi connectivity index (χ0v) is 14.8. The topological polar surface area (TPSA) is 57.7 Å². The summed E-state index contributed by atoms with van der Waals surface area (Å²) < 4.78 is 66.3. The van der Waals surface area contributed by atoms with E-state index < -0.39 is 32.4 Å². The molecule has 1 heterocycles. The van der Waals surface area contributed by atoms with Crippen molar-refractivity contribution in [2.24, 2.45) is 5.92 Å². The molecule has 2 aliphatic rings. The Bertz CT molecular complexity index is 834. The average Bonchev–Trinajstić information content (AvgIpc) is 2.66. The maximum absolute atomic E-state index is 13.9. The lowest BCUT2D eigenvalue weighted by molar-refractivity contribution is -0.137. The summed E-state index contributed by atoms with van der Waals surface area (Å²) in [7, 11) is -4.30. The molecule has 1 atom stereocenters. The van der Waals surface area contributed by atoms with Crippen LogP contribution in [0.3, 0.4) is 0 Å². The Kier molecular flexibility index (Phi) is 5.38. The van der Waals surface area contributed by atoms with Crippen LogP contribution in [0.15, 0.2) is 29.2 Å². The van der Waals surface area contributed by atoms with Gasteiger partial charge < -0.3 is 4.90 Å². The fraction of sp³-hybridized carbons (Fsp3) is 0.471. The molecule has 5 nitrogen and oxygen atoms in total. The second kappa shape index (κ2) is 7.40. The molecule has 0 bridgehead atoms. The minimum atomic E-state index is -4.30. The summed E-state index contributed by atoms with van der Waals surface area (Å²) in [6.45, 7) is 0.331. The monoisotopic (exact) mass is 388 g/mol. The van der Waals surface area contributed by atoms with Gasteiger partial charge in [0.2, 0.25) is 15.9 Å². The Morgan fingerprint density at radius 1 is 1.00 bits per heavy atom. The van der Waals surface area contributed by atoms with Crippen molar-refractivity contribution in [2.45, 2.75) is 24.2 Å². The van der Waals surface area contributed by atoms with Crippen LogP contribution in [0, 0.1) is 23.4 Å². The number of hydrogen-bond donors (Lipinski definition) is 0. The number of hydrogen-bond acceptors (Lipinski definition) is 3. The molecule has 1 aromatic carbocycles. The smallest absolute Gasteiger partial charge is 0.246 e. The molecule has 1 fully saturated rings. The lowest BCUT2D eigenvalue weighted by Gasteiger charge is -2.36. The summed E-state index contributed by atoms with van der Waals surface area (Å²) in [6, 6.07) is 1.30. The number of carbonyl (C=O) groups excluding carboxylic acids is 1. The molecule has 26 heavy (non-hydrogen) atoms. The van der Waals surface area contributed by atoms with Crippen LogP contribution in [0.25, 0.3) is 0 Å². The van der Waals surface area contributed by atoms with Crippen molar-refractivity contribution in [3.63, 3.8) is 0 Å². The number of amides is 1. The first-order chi connectivity index (χ1) is 12.3. The van der Waals surface area contributed by atoms with Gasteiger partial charge in [0.25, 0.3) is 0 Å². The normalized spacial score (nSPS) is 21.8. The van der Waals surface area contributed by atoms with Crippen molar-refractivity contribution in [2.75, 3.05) is 26.2 Å². The lowest BCUT2D eigenvalue weighted by atomic mass is 9.93. The van der Waals surface area contributed by atoms with Crippen LogP contribution in [0.5, 0.6) is 0 Å². The predicted molar refractivity (Wildman–Crippen MR) is 88.1 cm³/mol. The number of benzene rings is 1. The van der Waals surface area contributed by atoms with E-state index in [1.54, 1.807) is 4.90 Å². The molecule has 142 valence electrons. The highest BCUT2D eigenvalue weighted by atomic mass is 32.2. The van der Waals surface area contributed by atoms with E-state index in [9.17, 15) is 26.4 Å². The summed E-state index contributed by atoms with van der Waals surface area (Å²) in [5.41, 5.74) is 0. The van der Waals surface area contributed by atoms with E-state index in [4.69, 9.17) is 0 Å². The van der Waals surface area contributed by atoms with Gasteiger partial charge in [-0.2, -0.15) is 4.31 Å². The molecule has 0 aromatic heterocycles. The van der Waals surface area contributed by atoms with E-state index >= 15 is 0 Å². The van der Waals surface area contributed by atoms with E-state index in [2.05, 4.69) is 0 Å². The standard InChI is InChI=1S/C17H19F3N2O3S/c18-13-6-7-14(16(20)15(13)19)26(24,25)22-10-8-21(9-11-22)17(23)12-4-2-1-3-5-12/h1-2,6-7,12H,3-5,8-11H2. The largest absolute Gasteiger partial charge is 0.340 e. The Labute approximate surface area is 150 Å². The molecule has 1 unspecified atom stereocenters. The second-order valence-corrected chi connectivity index (χ2v) is 8.29. The van der Waals surface area contributed by atoms with E-state index in [0.717, 1.165) is 23.2 Å². The van der Waals surface area contributed by atoms with Crippen molar-refractivity contribution in [1.29, 1.82) is 0 Å². The molecule has 9 heteroatoms. The summed E-state index contributed by atoms with van der Waals surface area (Å²) >= 11 is 0. The van der Waals surface area contributed by atoms with Crippen LogP contribution in [-0.2, 0) is 14.8 Å². The van der Waals surface area contributed by atoms with Gasteiger partial charge in [-0.1, -0.05) is 12.2 Å². The van der Waals surface area contributed by atoms with Gasteiger partial charge in [-0.05, 0) is 31.4 Å². The third-order valence-corrected chi connectivity index (χ3v) is 6.70. The van der Waals surface area contributed by atoms with Crippen LogP contribution in [0.4, 0.5) is 13.2 Å². The molecule has 0 radical (unpaired) electrons. The van der Waals surface area contributed by atoms with Crippen molar-refractivity contribution in [3.8, 4) is 0 Å². The Morgan fingerprint density at radius 2 is 1.69 bits per heavy atom. The van der Waals surface area contributed by atoms with Gasteiger partial charge in [0.1, 0.15) is 4.90 Å². The quantitative estimate of drug-likeness (QED) is 0.590. The minimum absolute atomic E-state index is 0.00888. The van der Waals surface area contributed by atoms with Crippen LogP contribution in [0.2, 0.25) is 0 Å². The number of halogens is 3. The van der Waals surface area contributed by atoms with Crippen LogP contribution in [0.1, 0.15) is 19.3 Å². The third-order valence-electron chi connectivity index (χ3n) is 4.79. The Hall–Kier alpha value is -1.87. The predicted octanol–water partition coefficient (Wildman–Crippen LogP) is 2.29. The van der Waals surface area contributed by atoms with Crippen molar-refractivity contribution in [1.82, 2.24) is 9.21 Å². The molecular formula is C17H19F3N2O3S. The number of rotatable bonds is 3. The number of sulfonamides is 1. The SMILES string of the molecule is O=C(C1CC=CCC1)N1CCN(S(=O)(=O)c2ccc(F)c(F)c2F)CC1. The molecule has 1 aliphatic carbocycles. The Morgan fingerprint density at radius 3 is 2.31 bits per heavy atom. The van der Waals surface area contributed by atoms with Crippen LogP contribution < -0.4 is 0 Å². The molecule has 0 spiro atoms. The van der Waals surface area contributed by atoms with Gasteiger partial charge in [-0.25, -0.2) is 21.6 Å². The van der Waals surface area contributed by atoms with E-state index in [1.807, 2.05) is 12.2 Å². The highest BCUT2D eigenvalue weighted by molar-refractivity contribution is 7.89. The number of carbonyl (C=O) groups is 1. The zero-order chi connectivity index (χ0) is 18.9. The highest BCUT2D eigenvalue weighted by Gasteiger charge is 2.34. The van der Waals surface area contributed by atoms with Gasteiger partial charge in [0.05, 0.1) is 0 Å². The fourth-order valence-corrected chi connectivity index (χ4v) is 4.75. The molecule has 0 saturated carbocycles. The van der Waals surface area contributed by atoms with Gasteiger partial charge in [-0.3, -0.25) is 4.79 Å². The minimum Gasteiger partial charge on any atom is -0.340 e. The maximum Gasteiger partial charge on any atom is 0.246 e. The third kappa shape index (κ3) is 3.50. The van der Waals surface area contributed by atoms with E-state index in [0.29, 0.717) is 12.5 Å². The Balaban J connectivity index is 1.70. The van der Waals surface area contributed by atoms with E-state index in [1.165, 1.54) is 0 Å². The number of allylic oxidation sites excluding steroid dienone is 2. The van der Waals surface area contributed by atoms with Gasteiger partial charge in [0.15, 0.2) is 17.5 Å². The van der Waals surface area contributed by atoms with Crippen molar-refractivity contribution in [3.05, 3.63) is 41.7 Å². The van der Waals surface area contributed by atoms with E-state index in [-0.39, 0.29) is 38.0 Å². The first-order valence-corrected chi connectivity index (χ1v) is 9.84. The molecule has 1 aliphatic heterocycles. The van der Waals surface area contributed by atoms with Gasteiger partial charge in [-0.15, -0.1) is 0 Å². The van der Waals surface area contributed by atoms with Gasteiger partial charge >= 0.3 is 0 Å². The highest BCUT2D eigenvalue weighted by Crippen LogP contribution is 2.25. The first-order valence-electron chi connectivity index (χ1n) is 8.40. The summed E-state index contributed by atoms with van der Waals surface area (Å²) in [5, 5.41) is 0. The molecule has 1 aromatic rings.